The van der Waals surface area contributed by atoms with Gasteiger partial charge in [0.25, 0.3) is 0 Å². The topological polar surface area (TPSA) is 23.8 Å². The molecule has 0 amide bonds. The van der Waals surface area contributed by atoms with E-state index in [0.29, 0.717) is 5.69 Å². The summed E-state index contributed by atoms with van der Waals surface area (Å²) in [5.74, 6) is 0. The van der Waals surface area contributed by atoms with Crippen molar-refractivity contribution in [3.8, 4) is 0 Å². The predicted octanol–water partition coefficient (Wildman–Crippen LogP) is 5.90. The molecular formula is C14H17Cl2NTi-2. The normalized spacial score (nSPS) is 8.22. The molecule has 0 saturated heterocycles. The van der Waals surface area contributed by atoms with Crippen LogP contribution in [0, 0.1) is 0 Å². The van der Waals surface area contributed by atoms with Gasteiger partial charge in [0.15, 0.2) is 0 Å². The van der Waals surface area contributed by atoms with Crippen molar-refractivity contribution in [1.82, 2.24) is 0 Å². The van der Waals surface area contributed by atoms with E-state index in [9.17, 15) is 0 Å². The van der Waals surface area contributed by atoms with Crippen molar-refractivity contribution in [2.75, 3.05) is 0 Å². The van der Waals surface area contributed by atoms with Crippen LogP contribution in [0.1, 0.15) is 13.8 Å². The average molecular weight is 318 g/mol. The van der Waals surface area contributed by atoms with Crippen molar-refractivity contribution in [2.45, 2.75) is 13.8 Å². The SMILES string of the molecule is C[C](C)=[Ti]([Cl])[Cl].[NH-]c1ccccc1.c1cc[cH-]c1. The minimum Gasteiger partial charge on any atom is -0.699 e. The molecule has 4 heteroatoms. The van der Waals surface area contributed by atoms with Crippen LogP contribution in [0.3, 0.4) is 0 Å². The molecule has 1 N–H and O–H groups in total. The van der Waals surface area contributed by atoms with E-state index in [1.165, 1.54) is 3.81 Å². The van der Waals surface area contributed by atoms with Crippen molar-refractivity contribution in [2.24, 2.45) is 0 Å². The zero-order valence-corrected chi connectivity index (χ0v) is 13.6. The molecule has 0 spiro atoms. The summed E-state index contributed by atoms with van der Waals surface area (Å²) in [6.07, 6.45) is 0. The molecule has 2 rings (SSSR count). The first-order valence-corrected chi connectivity index (χ1v) is 10.5. The van der Waals surface area contributed by atoms with Crippen molar-refractivity contribution in [3.63, 3.8) is 0 Å². The van der Waals surface area contributed by atoms with Gasteiger partial charge in [-0.25, -0.2) is 12.1 Å². The van der Waals surface area contributed by atoms with E-state index < -0.39 is 15.3 Å². The fourth-order valence-corrected chi connectivity index (χ4v) is 0.759. The maximum Gasteiger partial charge on any atom is -0.0624 e. The number of rotatable bonds is 0. The summed E-state index contributed by atoms with van der Waals surface area (Å²) in [6.45, 7) is 3.94. The summed E-state index contributed by atoms with van der Waals surface area (Å²) in [5, 5.41) is 0. The second kappa shape index (κ2) is 11.6. The molecular weight excluding hydrogens is 301 g/mol. The zero-order valence-electron chi connectivity index (χ0n) is 10.5. The Kier molecular flexibility index (Phi) is 11.3. The Labute approximate surface area is 123 Å². The van der Waals surface area contributed by atoms with E-state index in [1.807, 2.05) is 62.4 Å². The molecule has 98 valence electrons. The number of hydrogen-bond acceptors (Lipinski definition) is 0. The number of benzene rings is 1. The van der Waals surface area contributed by atoms with Gasteiger partial charge in [0.05, 0.1) is 0 Å². The molecule has 0 aliphatic rings. The third-order valence-corrected chi connectivity index (χ3v) is 6.00. The molecule has 2 aromatic carbocycles. The molecule has 0 radical (unpaired) electrons. The monoisotopic (exact) mass is 317 g/mol. The molecule has 0 aromatic heterocycles. The van der Waals surface area contributed by atoms with Gasteiger partial charge in [-0.1, -0.05) is 30.3 Å². The minimum absolute atomic E-state index is 0.572. The van der Waals surface area contributed by atoms with E-state index in [4.69, 9.17) is 24.3 Å². The molecule has 0 unspecified atom stereocenters. The Hall–Kier alpha value is -0.466. The van der Waals surface area contributed by atoms with Crippen LogP contribution in [0.4, 0.5) is 5.69 Å². The van der Waals surface area contributed by atoms with E-state index in [1.54, 1.807) is 12.1 Å². The van der Waals surface area contributed by atoms with Gasteiger partial charge in [0, 0.05) is 0 Å². The van der Waals surface area contributed by atoms with Gasteiger partial charge in [-0.3, -0.25) is 0 Å². The molecule has 1 nitrogen and oxygen atoms in total. The van der Waals surface area contributed by atoms with Crippen molar-refractivity contribution < 1.29 is 15.3 Å². The van der Waals surface area contributed by atoms with Crippen LogP contribution in [-0.2, 0) is 15.3 Å². The van der Waals surface area contributed by atoms with Crippen LogP contribution in [0.2, 0.25) is 0 Å². The Morgan fingerprint density at radius 3 is 1.61 bits per heavy atom. The smallest absolute Gasteiger partial charge is 0.0624 e. The summed E-state index contributed by atoms with van der Waals surface area (Å²) in [7, 11) is 11.0. The molecule has 0 aliphatic carbocycles. The Morgan fingerprint density at radius 1 is 1.00 bits per heavy atom. The van der Waals surface area contributed by atoms with Crippen molar-refractivity contribution in [1.29, 1.82) is 0 Å². The van der Waals surface area contributed by atoms with Gasteiger partial charge in [-0.05, 0) is 0 Å². The second-order valence-electron chi connectivity index (χ2n) is 3.59. The second-order valence-corrected chi connectivity index (χ2v) is 9.88. The van der Waals surface area contributed by atoms with Gasteiger partial charge in [-0.2, -0.15) is 18.2 Å². The maximum absolute atomic E-state index is 7.00. The van der Waals surface area contributed by atoms with Gasteiger partial charge in [0.1, 0.15) is 0 Å². The molecule has 0 saturated carbocycles. The third-order valence-electron chi connectivity index (χ3n) is 1.71. The number of hydrogen-bond donors (Lipinski definition) is 0. The molecule has 0 bridgehead atoms. The van der Waals surface area contributed by atoms with Crippen LogP contribution in [0.15, 0.2) is 60.7 Å². The first kappa shape index (κ1) is 17.5. The summed E-state index contributed by atoms with van der Waals surface area (Å²) in [4.78, 5) is 0. The van der Waals surface area contributed by atoms with Gasteiger partial charge >= 0.3 is 51.6 Å². The van der Waals surface area contributed by atoms with E-state index in [2.05, 4.69) is 0 Å². The predicted molar refractivity (Wildman–Crippen MR) is 80.5 cm³/mol. The van der Waals surface area contributed by atoms with Crippen molar-refractivity contribution >= 4 is 28.1 Å². The molecule has 0 fully saturated rings. The van der Waals surface area contributed by atoms with Crippen LogP contribution in [0.5, 0.6) is 0 Å². The molecule has 18 heavy (non-hydrogen) atoms. The summed E-state index contributed by atoms with van der Waals surface area (Å²) >= 11 is -1.60. The van der Waals surface area contributed by atoms with Crippen molar-refractivity contribution in [3.05, 3.63) is 66.4 Å². The Bertz CT molecular complexity index is 389. The van der Waals surface area contributed by atoms with Gasteiger partial charge in [-0.15, -0.1) is 5.69 Å². The first-order chi connectivity index (χ1) is 8.54. The summed E-state index contributed by atoms with van der Waals surface area (Å²) in [6, 6.07) is 19.1. The van der Waals surface area contributed by atoms with Crippen LogP contribution in [0.25, 0.3) is 5.73 Å². The van der Waals surface area contributed by atoms with Gasteiger partial charge < -0.3 is 5.73 Å². The quantitative estimate of drug-likeness (QED) is 0.426. The average Bonchev–Trinajstić information content (AvgIpc) is 2.89. The third kappa shape index (κ3) is 12.0. The summed E-state index contributed by atoms with van der Waals surface area (Å²) in [5.41, 5.74) is 7.57. The molecule has 0 aliphatic heterocycles. The van der Waals surface area contributed by atoms with E-state index in [0.717, 1.165) is 0 Å². The molecule has 0 heterocycles. The molecule has 0 atom stereocenters. The van der Waals surface area contributed by atoms with Crippen LogP contribution in [-0.4, -0.2) is 3.81 Å². The fraction of sp³-hybridized carbons (Fsp3) is 0.143. The largest absolute Gasteiger partial charge is 0.699 e. The van der Waals surface area contributed by atoms with Crippen LogP contribution < -0.4 is 0 Å². The number of nitrogens with one attached hydrogen (secondary N) is 1. The van der Waals surface area contributed by atoms with Crippen LogP contribution >= 0.6 is 18.6 Å². The van der Waals surface area contributed by atoms with E-state index >= 15 is 0 Å². The van der Waals surface area contributed by atoms with Gasteiger partial charge in [0.2, 0.25) is 0 Å². The fourth-order valence-electron chi connectivity index (χ4n) is 0.759. The Balaban J connectivity index is 0.000000244. The maximum atomic E-state index is 7.00. The first-order valence-electron chi connectivity index (χ1n) is 5.46. The standard InChI is InChI=1S/C6H6N.C5H5.C3H6.2ClH.Ti/c7-6-4-2-1-3-5-6;1-2-4-5-3-1;1-3-2;;;/h1-5,7H;1-5H;1-2H3;2*1H;/q2*-1;;;;+2/p-2. The van der Waals surface area contributed by atoms with E-state index in [-0.39, 0.29) is 0 Å². The minimum atomic E-state index is -1.60. The Morgan fingerprint density at radius 2 is 1.44 bits per heavy atom. The molecule has 2 aromatic rings. The number of halogens is 2. The zero-order chi connectivity index (χ0) is 13.8. The summed E-state index contributed by atoms with van der Waals surface area (Å²) < 4.78 is 1.21.